The third-order valence-electron chi connectivity index (χ3n) is 3.87. The molecular weight excluding hydrogens is 344 g/mol. The molecule has 0 unspecified atom stereocenters. The molecule has 1 amide bonds. The van der Waals surface area contributed by atoms with Gasteiger partial charge in [-0.1, -0.05) is 44.1 Å². The highest BCUT2D eigenvalue weighted by Gasteiger charge is 2.34. The van der Waals surface area contributed by atoms with Crippen LogP contribution in [0.25, 0.3) is 0 Å². The number of nitrogens with zero attached hydrogens (tertiary/aromatic N) is 1. The van der Waals surface area contributed by atoms with E-state index >= 15 is 0 Å². The van der Waals surface area contributed by atoms with E-state index < -0.39 is 17.4 Å². The van der Waals surface area contributed by atoms with E-state index in [1.54, 1.807) is 55.6 Å². The fraction of sp³-hybridized carbons (Fsp3) is 0.286. The summed E-state index contributed by atoms with van der Waals surface area (Å²) < 4.78 is 5.08. The molecule has 0 bridgehead atoms. The zero-order valence-electron chi connectivity index (χ0n) is 15.9. The van der Waals surface area contributed by atoms with E-state index in [9.17, 15) is 9.59 Å². The number of hydrogen-bond donors (Lipinski definition) is 1. The molecule has 27 heavy (non-hydrogen) atoms. The molecule has 0 saturated heterocycles. The molecule has 6 nitrogen and oxygen atoms in total. The molecule has 1 N–H and O–H groups in total. The fourth-order valence-corrected chi connectivity index (χ4v) is 2.31. The molecule has 0 heterocycles. The smallest absolute Gasteiger partial charge is 0.357 e. The second-order valence-electron chi connectivity index (χ2n) is 7.06. The topological polar surface area (TPSA) is 77.0 Å². The van der Waals surface area contributed by atoms with E-state index in [1.807, 2.05) is 26.8 Å². The van der Waals surface area contributed by atoms with E-state index in [4.69, 9.17) is 9.57 Å². The number of oxime groups is 1. The average Bonchev–Trinajstić information content (AvgIpc) is 2.66. The SMILES string of the molecule is COc1ccc(/C=N/OC(=O)[C@@H](NC(=O)c2ccccc2)C(C)(C)C)cc1. The molecule has 0 radical (unpaired) electrons. The maximum absolute atomic E-state index is 12.5. The lowest BCUT2D eigenvalue weighted by Gasteiger charge is -2.28. The Morgan fingerprint density at radius 3 is 2.22 bits per heavy atom. The highest BCUT2D eigenvalue weighted by atomic mass is 16.7. The molecule has 0 aliphatic rings. The van der Waals surface area contributed by atoms with Gasteiger partial charge in [-0.3, -0.25) is 4.79 Å². The minimum absolute atomic E-state index is 0.341. The van der Waals surface area contributed by atoms with Crippen molar-refractivity contribution in [2.24, 2.45) is 10.6 Å². The van der Waals surface area contributed by atoms with Gasteiger partial charge >= 0.3 is 5.97 Å². The monoisotopic (exact) mass is 368 g/mol. The Morgan fingerprint density at radius 1 is 1.04 bits per heavy atom. The van der Waals surface area contributed by atoms with Crippen LogP contribution in [0.5, 0.6) is 5.75 Å². The number of hydrogen-bond acceptors (Lipinski definition) is 5. The van der Waals surface area contributed by atoms with Gasteiger partial charge in [-0.2, -0.15) is 0 Å². The number of carbonyl (C=O) groups excluding carboxylic acids is 2. The highest BCUT2D eigenvalue weighted by molar-refractivity contribution is 5.97. The summed E-state index contributed by atoms with van der Waals surface area (Å²) in [7, 11) is 1.58. The summed E-state index contributed by atoms with van der Waals surface area (Å²) in [5.74, 6) is -0.247. The van der Waals surface area contributed by atoms with Gasteiger partial charge in [0.05, 0.1) is 13.3 Å². The first kappa shape index (κ1) is 20.2. The Bertz CT molecular complexity index is 793. The van der Waals surface area contributed by atoms with Crippen molar-refractivity contribution in [3.05, 3.63) is 65.7 Å². The summed E-state index contributed by atoms with van der Waals surface area (Å²) in [6, 6.07) is 15.0. The van der Waals surface area contributed by atoms with Gasteiger partial charge in [0.25, 0.3) is 5.91 Å². The standard InChI is InChI=1S/C21H24N2O4/c1-21(2,3)18(23-19(24)16-8-6-5-7-9-16)20(25)27-22-14-15-10-12-17(26-4)13-11-15/h5-14,18H,1-4H3,(H,23,24)/b22-14+/t18-/m1/s1. The van der Waals surface area contributed by atoms with Gasteiger partial charge in [0.1, 0.15) is 11.8 Å². The zero-order valence-corrected chi connectivity index (χ0v) is 15.9. The molecule has 142 valence electrons. The molecule has 0 saturated carbocycles. The largest absolute Gasteiger partial charge is 0.497 e. The summed E-state index contributed by atoms with van der Waals surface area (Å²) in [5.41, 5.74) is 0.683. The number of nitrogens with one attached hydrogen (secondary N) is 1. The zero-order chi connectivity index (χ0) is 19.9. The first-order valence-corrected chi connectivity index (χ1v) is 8.55. The summed E-state index contributed by atoms with van der Waals surface area (Å²) in [4.78, 5) is 29.9. The van der Waals surface area contributed by atoms with Crippen LogP contribution in [0.2, 0.25) is 0 Å². The molecular formula is C21H24N2O4. The Morgan fingerprint density at radius 2 is 1.67 bits per heavy atom. The minimum atomic E-state index is -0.849. The van der Waals surface area contributed by atoms with Crippen molar-refractivity contribution in [2.75, 3.05) is 7.11 Å². The summed E-state index contributed by atoms with van der Waals surface area (Å²) in [5, 5.41) is 6.48. The highest BCUT2D eigenvalue weighted by Crippen LogP contribution is 2.21. The molecule has 2 aromatic carbocycles. The van der Waals surface area contributed by atoms with Gasteiger partial charge in [0, 0.05) is 5.56 Å². The second kappa shape index (κ2) is 8.98. The lowest BCUT2D eigenvalue weighted by Crippen LogP contribution is -2.49. The van der Waals surface area contributed by atoms with Gasteiger partial charge in [0.2, 0.25) is 0 Å². The van der Waals surface area contributed by atoms with E-state index in [0.717, 1.165) is 11.3 Å². The Balaban J connectivity index is 2.03. The predicted molar refractivity (Wildman–Crippen MR) is 104 cm³/mol. The van der Waals surface area contributed by atoms with E-state index in [1.165, 1.54) is 6.21 Å². The van der Waals surface area contributed by atoms with Crippen molar-refractivity contribution in [1.82, 2.24) is 5.32 Å². The first-order chi connectivity index (χ1) is 12.8. The average molecular weight is 368 g/mol. The number of methoxy groups -OCH3 is 1. The number of ether oxygens (including phenoxy) is 1. The normalized spacial score (nSPS) is 12.4. The number of benzene rings is 2. The van der Waals surface area contributed by atoms with Gasteiger partial charge in [0.15, 0.2) is 0 Å². The van der Waals surface area contributed by atoms with Gasteiger partial charge < -0.3 is 14.9 Å². The van der Waals surface area contributed by atoms with Crippen LogP contribution >= 0.6 is 0 Å². The molecule has 2 aromatic rings. The lowest BCUT2D eigenvalue weighted by molar-refractivity contribution is -0.148. The quantitative estimate of drug-likeness (QED) is 0.481. The maximum atomic E-state index is 12.5. The molecule has 0 aliphatic heterocycles. The molecule has 6 heteroatoms. The third-order valence-corrected chi connectivity index (χ3v) is 3.87. The molecule has 0 aromatic heterocycles. The maximum Gasteiger partial charge on any atom is 0.357 e. The van der Waals surface area contributed by atoms with Crippen LogP contribution in [0.3, 0.4) is 0 Å². The summed E-state index contributed by atoms with van der Waals surface area (Å²) in [6.45, 7) is 5.53. The van der Waals surface area contributed by atoms with Crippen molar-refractivity contribution < 1.29 is 19.2 Å². The van der Waals surface area contributed by atoms with Crippen LogP contribution in [0.4, 0.5) is 0 Å². The van der Waals surface area contributed by atoms with Crippen molar-refractivity contribution in [2.45, 2.75) is 26.8 Å². The fourth-order valence-electron chi connectivity index (χ4n) is 2.31. The molecule has 1 atom stereocenters. The number of rotatable bonds is 6. The number of carbonyl (C=O) groups is 2. The van der Waals surface area contributed by atoms with Crippen LogP contribution in [0.15, 0.2) is 59.8 Å². The van der Waals surface area contributed by atoms with Gasteiger partial charge in [-0.15, -0.1) is 0 Å². The molecule has 0 spiro atoms. The summed E-state index contributed by atoms with van der Waals surface area (Å²) in [6.07, 6.45) is 1.43. The van der Waals surface area contributed by atoms with Gasteiger partial charge in [-0.25, -0.2) is 4.79 Å². The molecule has 0 fully saturated rings. The third kappa shape index (κ3) is 5.95. The molecule has 2 rings (SSSR count). The predicted octanol–water partition coefficient (Wildman–Crippen LogP) is 3.42. The van der Waals surface area contributed by atoms with Crippen molar-refractivity contribution in [3.63, 3.8) is 0 Å². The Labute approximate surface area is 159 Å². The lowest BCUT2D eigenvalue weighted by atomic mass is 9.86. The van der Waals surface area contributed by atoms with E-state index in [2.05, 4.69) is 10.5 Å². The Kier molecular flexibility index (Phi) is 6.71. The van der Waals surface area contributed by atoms with Crippen molar-refractivity contribution in [1.29, 1.82) is 0 Å². The van der Waals surface area contributed by atoms with Crippen LogP contribution in [-0.2, 0) is 9.63 Å². The first-order valence-electron chi connectivity index (χ1n) is 8.55. The van der Waals surface area contributed by atoms with Crippen molar-refractivity contribution in [3.8, 4) is 5.75 Å². The van der Waals surface area contributed by atoms with Crippen LogP contribution in [-0.4, -0.2) is 31.2 Å². The Hall–Kier alpha value is -3.15. The van der Waals surface area contributed by atoms with Crippen molar-refractivity contribution >= 4 is 18.1 Å². The second-order valence-corrected chi connectivity index (χ2v) is 7.06. The van der Waals surface area contributed by atoms with Gasteiger partial charge in [-0.05, 0) is 47.4 Å². The minimum Gasteiger partial charge on any atom is -0.497 e. The van der Waals surface area contributed by atoms with Crippen LogP contribution in [0.1, 0.15) is 36.7 Å². The number of amides is 1. The van der Waals surface area contributed by atoms with Crippen LogP contribution < -0.4 is 10.1 Å². The summed E-state index contributed by atoms with van der Waals surface area (Å²) >= 11 is 0. The van der Waals surface area contributed by atoms with E-state index in [-0.39, 0.29) is 5.91 Å². The van der Waals surface area contributed by atoms with Crippen LogP contribution in [0, 0.1) is 5.41 Å². The molecule has 0 aliphatic carbocycles. The van der Waals surface area contributed by atoms with E-state index in [0.29, 0.717) is 5.56 Å².